The van der Waals surface area contributed by atoms with Gasteiger partial charge in [-0.1, -0.05) is 53.8 Å². The summed E-state index contributed by atoms with van der Waals surface area (Å²) in [5.74, 6) is 0.0669. The molecule has 43 heavy (non-hydrogen) atoms. The summed E-state index contributed by atoms with van der Waals surface area (Å²) in [6.07, 6.45) is 1.63. The fourth-order valence-electron chi connectivity index (χ4n) is 4.98. The van der Waals surface area contributed by atoms with E-state index in [-0.39, 0.29) is 17.0 Å². The van der Waals surface area contributed by atoms with Crippen molar-refractivity contribution in [2.24, 2.45) is 4.99 Å². The molecular weight excluding hydrogens is 566 g/mol. The van der Waals surface area contributed by atoms with Gasteiger partial charge in [0.1, 0.15) is 17.3 Å². The van der Waals surface area contributed by atoms with E-state index in [2.05, 4.69) is 10.3 Å². The zero-order valence-corrected chi connectivity index (χ0v) is 23.9. The Labute approximate surface area is 249 Å². The number of benzene rings is 3. The number of hydrogen-bond donors (Lipinski definition) is 2. The van der Waals surface area contributed by atoms with Gasteiger partial charge in [0, 0.05) is 17.3 Å². The number of furan rings is 1. The van der Waals surface area contributed by atoms with Crippen LogP contribution in [0.25, 0.3) is 17.4 Å². The number of nitrogens with zero attached hydrogens (tertiary/aromatic N) is 2. The van der Waals surface area contributed by atoms with Crippen LogP contribution in [-0.4, -0.2) is 28.7 Å². The molecule has 0 bridgehead atoms. The lowest BCUT2D eigenvalue weighted by Crippen LogP contribution is -2.40. The second-order valence-corrected chi connectivity index (χ2v) is 10.8. The molecule has 6 rings (SSSR count). The molecule has 9 nitrogen and oxygen atoms in total. The first-order chi connectivity index (χ1) is 20.8. The van der Waals surface area contributed by atoms with Gasteiger partial charge in [-0.05, 0) is 61.0 Å². The average Bonchev–Trinajstić information content (AvgIpc) is 3.61. The molecule has 0 saturated carbocycles. The molecule has 10 heteroatoms. The molecule has 0 radical (unpaired) electrons. The maximum Gasteiger partial charge on any atom is 0.335 e. The predicted octanol–water partition coefficient (Wildman–Crippen LogP) is 4.84. The molecule has 1 aliphatic rings. The van der Waals surface area contributed by atoms with Crippen LogP contribution in [0.4, 0.5) is 5.69 Å². The Hall–Kier alpha value is -5.48. The highest BCUT2D eigenvalue weighted by atomic mass is 32.1. The summed E-state index contributed by atoms with van der Waals surface area (Å²) in [5, 5.41) is 12.3. The Kier molecular flexibility index (Phi) is 7.35. The number of carboxylic acid groups (broad SMARTS) is 1. The van der Waals surface area contributed by atoms with Gasteiger partial charge in [-0.2, -0.15) is 0 Å². The van der Waals surface area contributed by atoms with Crippen molar-refractivity contribution in [2.45, 2.75) is 13.0 Å². The lowest BCUT2D eigenvalue weighted by Gasteiger charge is -2.25. The summed E-state index contributed by atoms with van der Waals surface area (Å²) in [7, 11) is 1.56. The largest absolute Gasteiger partial charge is 0.497 e. The van der Waals surface area contributed by atoms with Crippen molar-refractivity contribution < 1.29 is 23.8 Å². The molecular formula is C33H25N3O6S. The Morgan fingerprint density at radius 2 is 1.81 bits per heavy atom. The standard InChI is InChI=1S/C33H25N3O6S/c1-19-28(30(37)35-23-11-4-3-5-12-23)29(21-9-7-13-24(17-21)41-2)36-31(38)27(43-33(36)34-19)18-25-14-15-26(42-25)20-8-6-10-22(16-20)32(39)40/h3-18,29H,1-2H3,(H,35,37)(H,39,40)/b27-18-. The van der Waals surface area contributed by atoms with Gasteiger partial charge in [0.15, 0.2) is 4.80 Å². The first kappa shape index (κ1) is 27.7. The lowest BCUT2D eigenvalue weighted by atomic mass is 9.95. The molecule has 1 aliphatic heterocycles. The van der Waals surface area contributed by atoms with Gasteiger partial charge in [-0.15, -0.1) is 0 Å². The van der Waals surface area contributed by atoms with Crippen molar-refractivity contribution in [3.63, 3.8) is 0 Å². The minimum Gasteiger partial charge on any atom is -0.497 e. The fraction of sp³-hybridized carbons (Fsp3) is 0.0909. The number of allylic oxidation sites excluding steroid dienone is 1. The Balaban J connectivity index is 1.45. The van der Waals surface area contributed by atoms with Crippen molar-refractivity contribution in [3.05, 3.63) is 139 Å². The monoisotopic (exact) mass is 591 g/mol. The van der Waals surface area contributed by atoms with E-state index in [1.54, 1.807) is 68.6 Å². The molecule has 1 atom stereocenters. The number of nitrogens with one attached hydrogen (secondary N) is 1. The van der Waals surface area contributed by atoms with Crippen molar-refractivity contribution in [1.29, 1.82) is 0 Å². The Bertz CT molecular complexity index is 2090. The predicted molar refractivity (Wildman–Crippen MR) is 163 cm³/mol. The normalized spacial score (nSPS) is 14.7. The highest BCUT2D eigenvalue weighted by Gasteiger charge is 2.32. The number of amides is 1. The molecule has 2 N–H and O–H groups in total. The lowest BCUT2D eigenvalue weighted by molar-refractivity contribution is -0.113. The average molecular weight is 592 g/mol. The zero-order chi connectivity index (χ0) is 30.1. The van der Waals surface area contributed by atoms with Gasteiger partial charge in [0.2, 0.25) is 0 Å². The minimum atomic E-state index is -1.03. The van der Waals surface area contributed by atoms with Crippen LogP contribution in [-0.2, 0) is 4.79 Å². The topological polar surface area (TPSA) is 123 Å². The van der Waals surface area contributed by atoms with Gasteiger partial charge in [-0.25, -0.2) is 9.79 Å². The minimum absolute atomic E-state index is 0.142. The van der Waals surface area contributed by atoms with Crippen LogP contribution in [0.3, 0.4) is 0 Å². The molecule has 0 fully saturated rings. The Morgan fingerprint density at radius 3 is 2.58 bits per heavy atom. The van der Waals surface area contributed by atoms with E-state index in [1.807, 2.05) is 30.3 Å². The number of thiazole rings is 1. The van der Waals surface area contributed by atoms with Gasteiger partial charge >= 0.3 is 5.97 Å². The Morgan fingerprint density at radius 1 is 1.02 bits per heavy atom. The maximum atomic E-state index is 14.0. The van der Waals surface area contributed by atoms with Crippen LogP contribution in [0, 0.1) is 0 Å². The highest BCUT2D eigenvalue weighted by Crippen LogP contribution is 2.32. The number of anilines is 1. The van der Waals surface area contributed by atoms with E-state index in [4.69, 9.17) is 9.15 Å². The van der Waals surface area contributed by atoms with Crippen LogP contribution in [0.2, 0.25) is 0 Å². The highest BCUT2D eigenvalue weighted by molar-refractivity contribution is 7.07. The number of hydrogen-bond acceptors (Lipinski definition) is 7. The molecule has 1 amide bonds. The molecule has 214 valence electrons. The fourth-order valence-corrected chi connectivity index (χ4v) is 6.01. The summed E-state index contributed by atoms with van der Waals surface area (Å²) in [5.41, 5.74) is 2.56. The quantitative estimate of drug-likeness (QED) is 0.279. The molecule has 5 aromatic rings. The van der Waals surface area contributed by atoms with Crippen molar-refractivity contribution >= 4 is 35.0 Å². The first-order valence-corrected chi connectivity index (χ1v) is 14.1. The van der Waals surface area contributed by atoms with Gasteiger partial charge in [0.05, 0.1) is 34.5 Å². The number of carboxylic acids is 1. The van der Waals surface area contributed by atoms with Crippen LogP contribution in [0.15, 0.2) is 116 Å². The third kappa shape index (κ3) is 5.43. The van der Waals surface area contributed by atoms with Gasteiger partial charge in [0.25, 0.3) is 11.5 Å². The van der Waals surface area contributed by atoms with Gasteiger partial charge < -0.3 is 19.6 Å². The molecule has 3 aromatic carbocycles. The molecule has 1 unspecified atom stereocenters. The molecule has 3 heterocycles. The number of carbonyl (C=O) groups is 2. The third-order valence-electron chi connectivity index (χ3n) is 7.00. The SMILES string of the molecule is COc1cccc(C2C(C(=O)Nc3ccccc3)=C(C)N=c3s/c(=C\c4ccc(-c5cccc(C(=O)O)c5)o4)c(=O)n32)c1. The van der Waals surface area contributed by atoms with Crippen LogP contribution >= 0.6 is 11.3 Å². The number of rotatable bonds is 7. The zero-order valence-electron chi connectivity index (χ0n) is 23.1. The van der Waals surface area contributed by atoms with Crippen LogP contribution in [0.5, 0.6) is 5.75 Å². The number of ether oxygens (including phenoxy) is 1. The first-order valence-electron chi connectivity index (χ1n) is 13.3. The number of carbonyl (C=O) groups excluding carboxylic acids is 1. The number of methoxy groups -OCH3 is 1. The number of aromatic nitrogens is 1. The third-order valence-corrected chi connectivity index (χ3v) is 7.98. The van der Waals surface area contributed by atoms with Crippen molar-refractivity contribution in [2.75, 3.05) is 12.4 Å². The summed E-state index contributed by atoms with van der Waals surface area (Å²) >= 11 is 1.19. The molecule has 2 aromatic heterocycles. The van der Waals surface area contributed by atoms with E-state index >= 15 is 0 Å². The van der Waals surface area contributed by atoms with Crippen LogP contribution < -0.4 is 24.9 Å². The molecule has 0 spiro atoms. The summed E-state index contributed by atoms with van der Waals surface area (Å²) < 4.78 is 13.3. The second kappa shape index (κ2) is 11.4. The molecule has 0 saturated heterocycles. The number of aromatic carboxylic acids is 1. The smallest absolute Gasteiger partial charge is 0.335 e. The molecule has 0 aliphatic carbocycles. The van der Waals surface area contributed by atoms with Crippen molar-refractivity contribution in [1.82, 2.24) is 4.57 Å². The second-order valence-electron chi connectivity index (χ2n) is 9.77. The van der Waals surface area contributed by atoms with Crippen molar-refractivity contribution in [3.8, 4) is 17.1 Å². The number of fused-ring (bicyclic) bond motifs is 1. The van der Waals surface area contributed by atoms with Crippen LogP contribution in [0.1, 0.15) is 34.6 Å². The van der Waals surface area contributed by atoms with E-state index < -0.39 is 12.0 Å². The summed E-state index contributed by atoms with van der Waals surface area (Å²) in [6, 6.07) is 25.5. The maximum absolute atomic E-state index is 14.0. The van der Waals surface area contributed by atoms with E-state index in [0.29, 0.717) is 54.7 Å². The summed E-state index contributed by atoms with van der Waals surface area (Å²) in [6.45, 7) is 1.76. The number of para-hydroxylation sites is 1. The van der Waals surface area contributed by atoms with E-state index in [0.717, 1.165) is 0 Å². The van der Waals surface area contributed by atoms with E-state index in [9.17, 15) is 19.5 Å². The van der Waals surface area contributed by atoms with Gasteiger partial charge in [-0.3, -0.25) is 14.2 Å². The van der Waals surface area contributed by atoms with E-state index in [1.165, 1.54) is 28.0 Å². The summed E-state index contributed by atoms with van der Waals surface area (Å²) in [4.78, 5) is 44.2.